The molecule has 4 nitrogen and oxygen atoms in total. The second-order valence-corrected chi connectivity index (χ2v) is 5.77. The average molecular weight is 309 g/mol. The first-order valence-electron chi connectivity index (χ1n) is 4.63. The Hall–Kier alpha value is -0.430. The number of hydrogen-bond donors (Lipinski definition) is 0. The van der Waals surface area contributed by atoms with Crippen molar-refractivity contribution in [3.8, 4) is 0 Å². The highest BCUT2D eigenvalue weighted by Gasteiger charge is 2.16. The van der Waals surface area contributed by atoms with Gasteiger partial charge in [-0.15, -0.1) is 0 Å². The lowest BCUT2D eigenvalue weighted by molar-refractivity contribution is 0.0739. The third-order valence-corrected chi connectivity index (χ3v) is 3.79. The fourth-order valence-electron chi connectivity index (χ4n) is 0.923. The Bertz CT molecular complexity index is 427. The predicted octanol–water partition coefficient (Wildman–Crippen LogP) is 2.19. The minimum atomic E-state index is -3.68. The zero-order chi connectivity index (χ0) is 12.2. The highest BCUT2D eigenvalue weighted by Crippen LogP contribution is 2.16. The molecule has 0 aliphatic rings. The maximum Gasteiger partial charge on any atom is 0.297 e. The summed E-state index contributed by atoms with van der Waals surface area (Å²) < 4.78 is 33.9. The molecule has 16 heavy (non-hydrogen) atoms. The predicted molar refractivity (Wildman–Crippen MR) is 63.8 cm³/mol. The van der Waals surface area contributed by atoms with Crippen LogP contribution >= 0.6 is 15.9 Å². The van der Waals surface area contributed by atoms with Gasteiger partial charge in [0.05, 0.1) is 17.6 Å². The molecule has 0 aliphatic heterocycles. The molecule has 0 heterocycles. The highest BCUT2D eigenvalue weighted by molar-refractivity contribution is 9.10. The summed E-state index contributed by atoms with van der Waals surface area (Å²) in [4.78, 5) is 0.138. The molecule has 0 radical (unpaired) electrons. The van der Waals surface area contributed by atoms with Gasteiger partial charge in [-0.25, -0.2) is 0 Å². The first kappa shape index (κ1) is 13.6. The Balaban J connectivity index is 2.74. The molecule has 1 aromatic carbocycles. The van der Waals surface area contributed by atoms with E-state index in [0.29, 0.717) is 0 Å². The molecule has 90 valence electrons. The quantitative estimate of drug-likeness (QED) is 0.782. The van der Waals surface area contributed by atoms with Gasteiger partial charge in [0.15, 0.2) is 0 Å². The summed E-state index contributed by atoms with van der Waals surface area (Å²) >= 11 is 3.23. The molecule has 0 bridgehead atoms. The van der Waals surface area contributed by atoms with E-state index in [1.807, 2.05) is 0 Å². The fraction of sp³-hybridized carbons (Fsp3) is 0.400. The third kappa shape index (κ3) is 3.86. The van der Waals surface area contributed by atoms with Crippen LogP contribution < -0.4 is 0 Å². The lowest BCUT2D eigenvalue weighted by atomic mass is 10.4. The van der Waals surface area contributed by atoms with E-state index in [4.69, 9.17) is 8.92 Å². The molecule has 6 heteroatoms. The van der Waals surface area contributed by atoms with Gasteiger partial charge in [-0.05, 0) is 31.2 Å². The van der Waals surface area contributed by atoms with E-state index >= 15 is 0 Å². The molecule has 0 saturated carbocycles. The van der Waals surface area contributed by atoms with Gasteiger partial charge < -0.3 is 4.74 Å². The molecule has 0 saturated heterocycles. The van der Waals surface area contributed by atoms with E-state index in [9.17, 15) is 8.42 Å². The Kier molecular flexibility index (Phi) is 4.91. The van der Waals surface area contributed by atoms with Gasteiger partial charge in [-0.1, -0.05) is 15.9 Å². The van der Waals surface area contributed by atoms with Crippen molar-refractivity contribution < 1.29 is 17.3 Å². The molecule has 1 unspecified atom stereocenters. The SMILES string of the molecule is COC(C)COS(=O)(=O)c1ccc(Br)cc1. The molecule has 1 atom stereocenters. The smallest absolute Gasteiger partial charge is 0.297 e. The van der Waals surface area contributed by atoms with Gasteiger partial charge in [0.1, 0.15) is 0 Å². The third-order valence-electron chi connectivity index (χ3n) is 1.96. The van der Waals surface area contributed by atoms with Crippen molar-refractivity contribution in [3.05, 3.63) is 28.7 Å². The average Bonchev–Trinajstić information content (AvgIpc) is 2.26. The van der Waals surface area contributed by atoms with E-state index in [1.54, 1.807) is 19.1 Å². The van der Waals surface area contributed by atoms with Crippen molar-refractivity contribution in [1.29, 1.82) is 0 Å². The van der Waals surface area contributed by atoms with E-state index in [0.717, 1.165) is 4.47 Å². The molecule has 1 aromatic rings. The van der Waals surface area contributed by atoms with Crippen LogP contribution in [0.2, 0.25) is 0 Å². The lowest BCUT2D eigenvalue weighted by Crippen LogP contribution is -2.17. The van der Waals surface area contributed by atoms with Gasteiger partial charge in [-0.2, -0.15) is 8.42 Å². The maximum absolute atomic E-state index is 11.7. The summed E-state index contributed by atoms with van der Waals surface area (Å²) in [6.07, 6.45) is -0.259. The molecular weight excluding hydrogens is 296 g/mol. The Labute approximate surface area is 104 Å². The summed E-state index contributed by atoms with van der Waals surface area (Å²) in [5.74, 6) is 0. The van der Waals surface area contributed by atoms with Gasteiger partial charge in [0.25, 0.3) is 10.1 Å². The zero-order valence-corrected chi connectivity index (χ0v) is 11.4. The molecule has 0 N–H and O–H groups in total. The first-order valence-corrected chi connectivity index (χ1v) is 6.83. The maximum atomic E-state index is 11.7. The van der Waals surface area contributed by atoms with E-state index in [2.05, 4.69) is 15.9 Å². The van der Waals surface area contributed by atoms with Crippen molar-refractivity contribution in [2.24, 2.45) is 0 Å². The van der Waals surface area contributed by atoms with Crippen LogP contribution in [-0.2, 0) is 19.0 Å². The number of halogens is 1. The molecule has 0 amide bonds. The van der Waals surface area contributed by atoms with Gasteiger partial charge in [-0.3, -0.25) is 4.18 Å². The standard InChI is InChI=1S/C10H13BrO4S/c1-8(14-2)7-15-16(12,13)10-5-3-9(11)4-6-10/h3-6,8H,7H2,1-2H3. The van der Waals surface area contributed by atoms with Crippen molar-refractivity contribution >= 4 is 26.0 Å². The summed E-state index contributed by atoms with van der Waals surface area (Å²) in [6, 6.07) is 6.26. The highest BCUT2D eigenvalue weighted by atomic mass is 79.9. The summed E-state index contributed by atoms with van der Waals surface area (Å²) in [7, 11) is -2.18. The van der Waals surface area contributed by atoms with Crippen LogP contribution in [0.25, 0.3) is 0 Å². The van der Waals surface area contributed by atoms with Gasteiger partial charge in [0, 0.05) is 11.6 Å². The second-order valence-electron chi connectivity index (χ2n) is 3.24. The van der Waals surface area contributed by atoms with Crippen molar-refractivity contribution in [2.45, 2.75) is 17.9 Å². The molecule has 0 aromatic heterocycles. The molecular formula is C10H13BrO4S. The second kappa shape index (κ2) is 5.77. The minimum absolute atomic E-state index is 0.00883. The Morgan fingerprint density at radius 3 is 2.38 bits per heavy atom. The van der Waals surface area contributed by atoms with Crippen molar-refractivity contribution in [3.63, 3.8) is 0 Å². The number of rotatable bonds is 5. The zero-order valence-electron chi connectivity index (χ0n) is 9.01. The molecule has 0 aliphatic carbocycles. The van der Waals surface area contributed by atoms with E-state index < -0.39 is 10.1 Å². The first-order chi connectivity index (χ1) is 7.45. The van der Waals surface area contributed by atoms with Crippen LogP contribution in [0.15, 0.2) is 33.6 Å². The van der Waals surface area contributed by atoms with Gasteiger partial charge >= 0.3 is 0 Å². The molecule has 0 fully saturated rings. The van der Waals surface area contributed by atoms with Crippen LogP contribution in [0.4, 0.5) is 0 Å². The number of methoxy groups -OCH3 is 1. The molecule has 0 spiro atoms. The summed E-state index contributed by atoms with van der Waals surface area (Å²) in [5, 5.41) is 0. The van der Waals surface area contributed by atoms with Crippen LogP contribution in [0.1, 0.15) is 6.92 Å². The van der Waals surface area contributed by atoms with Crippen LogP contribution in [0.3, 0.4) is 0 Å². The lowest BCUT2D eigenvalue weighted by Gasteiger charge is -2.10. The van der Waals surface area contributed by atoms with E-state index in [1.165, 1.54) is 19.2 Å². The van der Waals surface area contributed by atoms with Crippen molar-refractivity contribution in [2.75, 3.05) is 13.7 Å². The summed E-state index contributed by atoms with van der Waals surface area (Å²) in [5.41, 5.74) is 0. The van der Waals surface area contributed by atoms with Gasteiger partial charge in [0.2, 0.25) is 0 Å². The largest absolute Gasteiger partial charge is 0.379 e. The molecule has 1 rings (SSSR count). The van der Waals surface area contributed by atoms with Crippen LogP contribution in [0.5, 0.6) is 0 Å². The fourth-order valence-corrected chi connectivity index (χ4v) is 2.16. The van der Waals surface area contributed by atoms with Crippen LogP contribution in [0, 0.1) is 0 Å². The number of hydrogen-bond acceptors (Lipinski definition) is 4. The number of ether oxygens (including phenoxy) is 1. The van der Waals surface area contributed by atoms with Crippen LogP contribution in [-0.4, -0.2) is 28.2 Å². The topological polar surface area (TPSA) is 52.6 Å². The number of benzene rings is 1. The van der Waals surface area contributed by atoms with Crippen molar-refractivity contribution in [1.82, 2.24) is 0 Å². The summed E-state index contributed by atoms with van der Waals surface area (Å²) in [6.45, 7) is 1.74. The monoisotopic (exact) mass is 308 g/mol. The Morgan fingerprint density at radius 2 is 1.88 bits per heavy atom. The normalized spacial score (nSPS) is 13.7. The van der Waals surface area contributed by atoms with E-state index in [-0.39, 0.29) is 17.6 Å². The minimum Gasteiger partial charge on any atom is -0.379 e. The Morgan fingerprint density at radius 1 is 1.31 bits per heavy atom.